The first-order chi connectivity index (χ1) is 9.51. The second kappa shape index (κ2) is 5.98. The van der Waals surface area contributed by atoms with Crippen molar-refractivity contribution < 1.29 is 9.53 Å². The molecule has 1 amide bonds. The molecule has 0 bridgehead atoms. The van der Waals surface area contributed by atoms with Crippen molar-refractivity contribution in [1.29, 1.82) is 0 Å². The van der Waals surface area contributed by atoms with Gasteiger partial charge in [-0.05, 0) is 30.3 Å². The van der Waals surface area contributed by atoms with Crippen molar-refractivity contribution in [3.63, 3.8) is 0 Å². The van der Waals surface area contributed by atoms with Crippen molar-refractivity contribution in [2.45, 2.75) is 0 Å². The van der Waals surface area contributed by atoms with Gasteiger partial charge in [0.1, 0.15) is 17.3 Å². The van der Waals surface area contributed by atoms with Crippen molar-refractivity contribution in [3.05, 3.63) is 46.1 Å². The summed E-state index contributed by atoms with van der Waals surface area (Å²) in [4.78, 5) is 16.0. The number of pyridine rings is 1. The number of nitrogens with two attached hydrogens (primary N) is 1. The van der Waals surface area contributed by atoms with Crippen LogP contribution in [-0.2, 0) is 0 Å². The second-order valence-electron chi connectivity index (χ2n) is 3.87. The first-order valence-electron chi connectivity index (χ1n) is 5.58. The standard InChI is InChI=1S/C13H11Cl2N3O2/c1-20-10-4-2-7(6-9(10)15)17-13(19)12-8(14)3-5-11(16)18-12/h2-6H,1H3,(H2,16,18)(H,17,19). The lowest BCUT2D eigenvalue weighted by atomic mass is 10.2. The Morgan fingerprint density at radius 3 is 2.65 bits per heavy atom. The molecule has 0 aliphatic rings. The van der Waals surface area contributed by atoms with E-state index in [2.05, 4.69) is 10.3 Å². The number of rotatable bonds is 3. The summed E-state index contributed by atoms with van der Waals surface area (Å²) >= 11 is 11.9. The number of ether oxygens (including phenoxy) is 1. The molecule has 7 heteroatoms. The number of halogens is 2. The van der Waals surface area contributed by atoms with E-state index in [1.165, 1.54) is 19.2 Å². The molecule has 2 rings (SSSR count). The lowest BCUT2D eigenvalue weighted by molar-refractivity contribution is 0.102. The fourth-order valence-corrected chi connectivity index (χ4v) is 2.00. The maximum atomic E-state index is 12.1. The van der Waals surface area contributed by atoms with E-state index in [1.807, 2.05) is 0 Å². The highest BCUT2D eigenvalue weighted by molar-refractivity contribution is 6.34. The smallest absolute Gasteiger partial charge is 0.275 e. The van der Waals surface area contributed by atoms with Crippen LogP contribution in [-0.4, -0.2) is 18.0 Å². The Balaban J connectivity index is 2.23. The van der Waals surface area contributed by atoms with Gasteiger partial charge >= 0.3 is 0 Å². The van der Waals surface area contributed by atoms with Crippen molar-refractivity contribution in [2.24, 2.45) is 0 Å². The molecule has 1 aromatic carbocycles. The molecular formula is C13H11Cl2N3O2. The van der Waals surface area contributed by atoms with Crippen LogP contribution in [0, 0.1) is 0 Å². The molecule has 20 heavy (non-hydrogen) atoms. The maximum Gasteiger partial charge on any atom is 0.275 e. The average molecular weight is 312 g/mol. The van der Waals surface area contributed by atoms with Crippen molar-refractivity contribution in [3.8, 4) is 5.75 Å². The number of methoxy groups -OCH3 is 1. The van der Waals surface area contributed by atoms with Gasteiger partial charge in [-0.1, -0.05) is 23.2 Å². The topological polar surface area (TPSA) is 77.2 Å². The molecular weight excluding hydrogens is 301 g/mol. The minimum absolute atomic E-state index is 0.0543. The summed E-state index contributed by atoms with van der Waals surface area (Å²) in [5.74, 6) is 0.264. The average Bonchev–Trinajstić information content (AvgIpc) is 2.41. The number of aromatic nitrogens is 1. The van der Waals surface area contributed by atoms with Crippen molar-refractivity contribution >= 4 is 40.6 Å². The first kappa shape index (κ1) is 14.4. The number of anilines is 2. The van der Waals surface area contributed by atoms with Gasteiger partial charge < -0.3 is 15.8 Å². The first-order valence-corrected chi connectivity index (χ1v) is 6.33. The minimum atomic E-state index is -0.469. The summed E-state index contributed by atoms with van der Waals surface area (Å²) in [6.45, 7) is 0. The number of carbonyl (C=O) groups excluding carboxylic acids is 1. The van der Waals surface area contributed by atoms with Crippen LogP contribution in [0.2, 0.25) is 10.0 Å². The fraction of sp³-hybridized carbons (Fsp3) is 0.0769. The Hall–Kier alpha value is -1.98. The summed E-state index contributed by atoms with van der Waals surface area (Å²) in [5, 5.41) is 3.24. The van der Waals surface area contributed by atoms with Crippen LogP contribution in [0.1, 0.15) is 10.5 Å². The Bertz CT molecular complexity index is 662. The van der Waals surface area contributed by atoms with Gasteiger partial charge in [0, 0.05) is 5.69 Å². The number of nitrogen functional groups attached to an aromatic ring is 1. The predicted molar refractivity (Wildman–Crippen MR) is 79.6 cm³/mol. The summed E-state index contributed by atoms with van der Waals surface area (Å²) in [6, 6.07) is 7.90. The van der Waals surface area contributed by atoms with E-state index in [0.717, 1.165) is 0 Å². The molecule has 104 valence electrons. The normalized spacial score (nSPS) is 10.2. The van der Waals surface area contributed by atoms with E-state index in [1.54, 1.807) is 18.2 Å². The molecule has 0 unspecified atom stereocenters. The Morgan fingerprint density at radius 1 is 1.25 bits per heavy atom. The van der Waals surface area contributed by atoms with Crippen LogP contribution in [0.4, 0.5) is 11.5 Å². The van der Waals surface area contributed by atoms with Gasteiger partial charge in [-0.15, -0.1) is 0 Å². The van der Waals surface area contributed by atoms with Crippen molar-refractivity contribution in [2.75, 3.05) is 18.2 Å². The highest BCUT2D eigenvalue weighted by Crippen LogP contribution is 2.27. The number of hydrogen-bond donors (Lipinski definition) is 2. The number of nitrogens with zero attached hydrogens (tertiary/aromatic N) is 1. The minimum Gasteiger partial charge on any atom is -0.495 e. The molecule has 2 aromatic rings. The Labute approximate surface area is 125 Å². The third kappa shape index (κ3) is 3.12. The van der Waals surface area contributed by atoms with Crippen LogP contribution in [0.15, 0.2) is 30.3 Å². The number of benzene rings is 1. The third-order valence-electron chi connectivity index (χ3n) is 2.49. The molecule has 0 atom stereocenters. The van der Waals surface area contributed by atoms with E-state index in [0.29, 0.717) is 16.5 Å². The van der Waals surface area contributed by atoms with E-state index in [-0.39, 0.29) is 16.5 Å². The molecule has 0 saturated heterocycles. The van der Waals surface area contributed by atoms with Crippen LogP contribution in [0.5, 0.6) is 5.75 Å². The molecule has 0 fully saturated rings. The van der Waals surface area contributed by atoms with E-state index in [4.69, 9.17) is 33.7 Å². The molecule has 5 nitrogen and oxygen atoms in total. The van der Waals surface area contributed by atoms with Gasteiger partial charge in [-0.25, -0.2) is 4.98 Å². The summed E-state index contributed by atoms with van der Waals surface area (Å²) in [6.07, 6.45) is 0. The van der Waals surface area contributed by atoms with Gasteiger partial charge in [0.15, 0.2) is 0 Å². The maximum absolute atomic E-state index is 12.1. The van der Waals surface area contributed by atoms with Crippen LogP contribution in [0.3, 0.4) is 0 Å². The summed E-state index contributed by atoms with van der Waals surface area (Å²) in [5.41, 5.74) is 6.09. The molecule has 0 saturated carbocycles. The highest BCUT2D eigenvalue weighted by Gasteiger charge is 2.13. The monoisotopic (exact) mass is 311 g/mol. The number of hydrogen-bond acceptors (Lipinski definition) is 4. The summed E-state index contributed by atoms with van der Waals surface area (Å²) < 4.78 is 5.03. The fourth-order valence-electron chi connectivity index (χ4n) is 1.55. The quantitative estimate of drug-likeness (QED) is 0.912. The molecule has 0 aliphatic carbocycles. The van der Waals surface area contributed by atoms with Gasteiger partial charge in [-0.2, -0.15) is 0 Å². The molecule has 1 heterocycles. The predicted octanol–water partition coefficient (Wildman–Crippen LogP) is 3.23. The van der Waals surface area contributed by atoms with Crippen LogP contribution in [0.25, 0.3) is 0 Å². The zero-order valence-electron chi connectivity index (χ0n) is 10.5. The Kier molecular flexibility index (Phi) is 4.32. The van der Waals surface area contributed by atoms with Crippen LogP contribution < -0.4 is 15.8 Å². The van der Waals surface area contributed by atoms with Gasteiger partial charge in [0.2, 0.25) is 0 Å². The zero-order chi connectivity index (χ0) is 14.7. The van der Waals surface area contributed by atoms with E-state index >= 15 is 0 Å². The summed E-state index contributed by atoms with van der Waals surface area (Å²) in [7, 11) is 1.51. The third-order valence-corrected chi connectivity index (χ3v) is 3.09. The second-order valence-corrected chi connectivity index (χ2v) is 4.68. The lowest BCUT2D eigenvalue weighted by Crippen LogP contribution is -2.15. The van der Waals surface area contributed by atoms with E-state index < -0.39 is 5.91 Å². The van der Waals surface area contributed by atoms with E-state index in [9.17, 15) is 4.79 Å². The largest absolute Gasteiger partial charge is 0.495 e. The molecule has 1 aromatic heterocycles. The lowest BCUT2D eigenvalue weighted by Gasteiger charge is -2.08. The van der Waals surface area contributed by atoms with Crippen molar-refractivity contribution in [1.82, 2.24) is 4.98 Å². The number of nitrogens with one attached hydrogen (secondary N) is 1. The van der Waals surface area contributed by atoms with Crippen LogP contribution >= 0.6 is 23.2 Å². The van der Waals surface area contributed by atoms with Gasteiger partial charge in [0.25, 0.3) is 5.91 Å². The molecule has 3 N–H and O–H groups in total. The molecule has 0 aliphatic heterocycles. The number of carbonyl (C=O) groups is 1. The van der Waals surface area contributed by atoms with Gasteiger partial charge in [-0.3, -0.25) is 4.79 Å². The highest BCUT2D eigenvalue weighted by atomic mass is 35.5. The zero-order valence-corrected chi connectivity index (χ0v) is 12.0. The number of amides is 1. The Morgan fingerprint density at radius 2 is 2.00 bits per heavy atom. The SMILES string of the molecule is COc1ccc(NC(=O)c2nc(N)ccc2Cl)cc1Cl. The molecule has 0 radical (unpaired) electrons. The van der Waals surface area contributed by atoms with Gasteiger partial charge in [0.05, 0.1) is 17.2 Å². The molecule has 0 spiro atoms.